The lowest BCUT2D eigenvalue weighted by Gasteiger charge is -2.16. The fraction of sp³-hybridized carbons (Fsp3) is 0.107. The molecule has 0 bridgehead atoms. The number of nitrogens with zero attached hydrogens (tertiary/aromatic N) is 1. The highest BCUT2D eigenvalue weighted by atomic mass is 79.9. The third-order valence-corrected chi connectivity index (χ3v) is 6.64. The highest BCUT2D eigenvalue weighted by Crippen LogP contribution is 2.40. The number of ether oxygens (including phenoxy) is 1. The van der Waals surface area contributed by atoms with E-state index in [-0.39, 0.29) is 12.3 Å². The van der Waals surface area contributed by atoms with Crippen molar-refractivity contribution in [1.29, 1.82) is 0 Å². The largest absolute Gasteiger partial charge is 0.476 e. The van der Waals surface area contributed by atoms with Crippen LogP contribution in [-0.2, 0) is 11.3 Å². The summed E-state index contributed by atoms with van der Waals surface area (Å²) in [7, 11) is 0. The van der Waals surface area contributed by atoms with E-state index in [2.05, 4.69) is 31.2 Å². The van der Waals surface area contributed by atoms with Crippen LogP contribution in [0.1, 0.15) is 27.3 Å². The predicted molar refractivity (Wildman–Crippen MR) is 143 cm³/mol. The molecule has 1 amide bonds. The van der Waals surface area contributed by atoms with Crippen LogP contribution in [0.15, 0.2) is 71.2 Å². The van der Waals surface area contributed by atoms with Gasteiger partial charge in [0.05, 0.1) is 5.52 Å². The number of aryl methyl sites for hydroxylation is 1. The van der Waals surface area contributed by atoms with E-state index in [0.29, 0.717) is 16.9 Å². The summed E-state index contributed by atoms with van der Waals surface area (Å²) < 4.78 is 6.26. The first-order chi connectivity index (χ1) is 17.3. The number of hydrogen-bond acceptors (Lipinski definition) is 4. The van der Waals surface area contributed by atoms with Crippen LogP contribution in [0.4, 0.5) is 10.5 Å². The number of amides is 1. The number of aromatic carboxylic acids is 1. The molecule has 0 aliphatic heterocycles. The number of aromatic nitrogens is 2. The van der Waals surface area contributed by atoms with Crippen LogP contribution in [0.25, 0.3) is 32.9 Å². The van der Waals surface area contributed by atoms with Crippen LogP contribution in [0, 0.1) is 13.8 Å². The first kappa shape index (κ1) is 23.6. The van der Waals surface area contributed by atoms with Crippen LogP contribution in [0.3, 0.4) is 0 Å². The number of benzene rings is 3. The van der Waals surface area contributed by atoms with Crippen molar-refractivity contribution in [3.05, 3.63) is 93.7 Å². The molecule has 0 saturated heterocycles. The maximum absolute atomic E-state index is 12.5. The maximum Gasteiger partial charge on any atom is 0.411 e. The normalized spacial score (nSPS) is 11.1. The number of halogens is 1. The number of nitrogens with one attached hydrogen (secondary N) is 2. The predicted octanol–water partition coefficient (Wildman–Crippen LogP) is 7.21. The third kappa shape index (κ3) is 4.31. The lowest BCUT2D eigenvalue weighted by atomic mass is 9.93. The van der Waals surface area contributed by atoms with Gasteiger partial charge in [-0.05, 0) is 48.7 Å². The molecule has 0 aliphatic rings. The van der Waals surface area contributed by atoms with Gasteiger partial charge in [-0.25, -0.2) is 14.6 Å². The number of carboxylic acid groups (broad SMARTS) is 1. The van der Waals surface area contributed by atoms with Gasteiger partial charge in [-0.2, -0.15) is 0 Å². The molecule has 0 radical (unpaired) electrons. The Morgan fingerprint density at radius 1 is 1.06 bits per heavy atom. The molecule has 2 aromatic heterocycles. The first-order valence-electron chi connectivity index (χ1n) is 11.3. The van der Waals surface area contributed by atoms with E-state index in [0.717, 1.165) is 43.0 Å². The zero-order chi connectivity index (χ0) is 25.4. The summed E-state index contributed by atoms with van der Waals surface area (Å²) >= 11 is 3.48. The molecular weight excluding hydrogens is 522 g/mol. The molecule has 0 saturated carbocycles. The third-order valence-electron chi connectivity index (χ3n) is 6.14. The maximum atomic E-state index is 12.5. The standard InChI is InChI=1S/C28H22BrN3O4/c1-15-19(9-6-10-21(15)32-28(35)36-14-17-7-4-3-5-8-17)23-16(2)30-26(27(33)34)25-24(23)20-12-11-18(29)13-22(20)31-25/h3-13,31H,14H2,1-2H3,(H,32,35)(H,33,34). The SMILES string of the molecule is Cc1nc(C(=O)O)c2[nH]c3cc(Br)ccc3c2c1-c1cccc(NC(=O)OCc2ccccc2)c1C. The van der Waals surface area contributed by atoms with Crippen molar-refractivity contribution in [2.24, 2.45) is 0 Å². The molecule has 0 fully saturated rings. The number of hydrogen-bond donors (Lipinski definition) is 3. The molecule has 5 aromatic rings. The molecule has 5 rings (SSSR count). The number of H-pyrrole nitrogens is 1. The highest BCUT2D eigenvalue weighted by Gasteiger charge is 2.23. The van der Waals surface area contributed by atoms with Crippen molar-refractivity contribution in [3.63, 3.8) is 0 Å². The lowest BCUT2D eigenvalue weighted by molar-refractivity contribution is 0.0692. The molecule has 3 N–H and O–H groups in total. The average molecular weight is 544 g/mol. The Morgan fingerprint density at radius 3 is 2.58 bits per heavy atom. The van der Waals surface area contributed by atoms with E-state index >= 15 is 0 Å². The molecule has 36 heavy (non-hydrogen) atoms. The second-order valence-electron chi connectivity index (χ2n) is 8.46. The number of fused-ring (bicyclic) bond motifs is 3. The summed E-state index contributed by atoms with van der Waals surface area (Å²) in [4.78, 5) is 32.2. The molecule has 0 spiro atoms. The molecule has 8 heteroatoms. The number of rotatable bonds is 5. The Hall–Kier alpha value is -4.17. The van der Waals surface area contributed by atoms with Crippen molar-refractivity contribution in [2.75, 3.05) is 5.32 Å². The van der Waals surface area contributed by atoms with Crippen LogP contribution < -0.4 is 5.32 Å². The van der Waals surface area contributed by atoms with E-state index in [1.54, 1.807) is 13.0 Å². The van der Waals surface area contributed by atoms with E-state index in [4.69, 9.17) is 4.74 Å². The molecule has 2 heterocycles. The summed E-state index contributed by atoms with van der Waals surface area (Å²) in [5.74, 6) is -1.10. The van der Waals surface area contributed by atoms with E-state index in [9.17, 15) is 14.7 Å². The molecule has 180 valence electrons. The quantitative estimate of drug-likeness (QED) is 0.217. The van der Waals surface area contributed by atoms with E-state index in [1.807, 2.05) is 67.6 Å². The Morgan fingerprint density at radius 2 is 1.83 bits per heavy atom. The lowest BCUT2D eigenvalue weighted by Crippen LogP contribution is -2.14. The van der Waals surface area contributed by atoms with Gasteiger partial charge in [0.1, 0.15) is 6.61 Å². The average Bonchev–Trinajstić information content (AvgIpc) is 3.22. The smallest absolute Gasteiger partial charge is 0.411 e. The molecular formula is C28H22BrN3O4. The molecule has 3 aromatic carbocycles. The Kier molecular flexibility index (Phi) is 6.20. The van der Waals surface area contributed by atoms with Crippen LogP contribution in [0.2, 0.25) is 0 Å². The second-order valence-corrected chi connectivity index (χ2v) is 9.37. The number of carboxylic acids is 1. The highest BCUT2D eigenvalue weighted by molar-refractivity contribution is 9.10. The van der Waals surface area contributed by atoms with Gasteiger partial charge in [-0.1, -0.05) is 64.5 Å². The topological polar surface area (TPSA) is 104 Å². The summed E-state index contributed by atoms with van der Waals surface area (Å²) in [5.41, 5.74) is 5.76. The van der Waals surface area contributed by atoms with Gasteiger partial charge >= 0.3 is 12.1 Å². The van der Waals surface area contributed by atoms with E-state index in [1.165, 1.54) is 0 Å². The van der Waals surface area contributed by atoms with Crippen LogP contribution >= 0.6 is 15.9 Å². The minimum atomic E-state index is -1.10. The summed E-state index contributed by atoms with van der Waals surface area (Å²) in [5, 5.41) is 14.3. The molecule has 0 unspecified atom stereocenters. The zero-order valence-corrected chi connectivity index (χ0v) is 21.1. The van der Waals surface area contributed by atoms with E-state index < -0.39 is 12.1 Å². The zero-order valence-electron chi connectivity index (χ0n) is 19.6. The fourth-order valence-electron chi connectivity index (χ4n) is 4.46. The van der Waals surface area contributed by atoms with Crippen LogP contribution in [-0.4, -0.2) is 27.1 Å². The molecule has 7 nitrogen and oxygen atoms in total. The van der Waals surface area contributed by atoms with Gasteiger partial charge in [0.15, 0.2) is 5.69 Å². The summed E-state index contributed by atoms with van der Waals surface area (Å²) in [6.45, 7) is 3.87. The van der Waals surface area contributed by atoms with Crippen molar-refractivity contribution < 1.29 is 19.4 Å². The number of pyridine rings is 1. The molecule has 0 atom stereocenters. The van der Waals surface area contributed by atoms with Crippen LogP contribution in [0.5, 0.6) is 0 Å². The molecule has 0 aliphatic carbocycles. The number of carbonyl (C=O) groups excluding carboxylic acids is 1. The van der Waals surface area contributed by atoms with Gasteiger partial charge in [0.2, 0.25) is 0 Å². The number of anilines is 1. The minimum absolute atomic E-state index is 0.0324. The van der Waals surface area contributed by atoms with Gasteiger partial charge in [-0.15, -0.1) is 0 Å². The Bertz CT molecular complexity index is 1640. The van der Waals surface area contributed by atoms with Gasteiger partial charge < -0.3 is 14.8 Å². The Labute approximate surface area is 215 Å². The van der Waals surface area contributed by atoms with Gasteiger partial charge in [0, 0.05) is 37.7 Å². The van der Waals surface area contributed by atoms with Gasteiger partial charge in [-0.3, -0.25) is 5.32 Å². The first-order valence-corrected chi connectivity index (χ1v) is 12.1. The second kappa shape index (κ2) is 9.47. The minimum Gasteiger partial charge on any atom is -0.476 e. The Balaban J connectivity index is 1.59. The number of carbonyl (C=O) groups is 2. The van der Waals surface area contributed by atoms with Crippen molar-refractivity contribution in [3.8, 4) is 11.1 Å². The van der Waals surface area contributed by atoms with Gasteiger partial charge in [0.25, 0.3) is 0 Å². The number of aromatic amines is 1. The summed E-state index contributed by atoms with van der Waals surface area (Å²) in [6, 6.07) is 20.8. The monoisotopic (exact) mass is 543 g/mol. The van der Waals surface area contributed by atoms with Crippen molar-refractivity contribution in [2.45, 2.75) is 20.5 Å². The van der Waals surface area contributed by atoms with Crippen molar-refractivity contribution >= 4 is 55.5 Å². The fourth-order valence-corrected chi connectivity index (χ4v) is 4.82. The van der Waals surface area contributed by atoms with Crippen molar-refractivity contribution in [1.82, 2.24) is 9.97 Å². The summed E-state index contributed by atoms with van der Waals surface area (Å²) in [6.07, 6.45) is -0.558.